The highest BCUT2D eigenvalue weighted by Crippen LogP contribution is 2.15. The summed E-state index contributed by atoms with van der Waals surface area (Å²) in [6, 6.07) is 5.21. The fraction of sp³-hybridized carbons (Fsp3) is 0.333. The maximum absolute atomic E-state index is 12.3. The van der Waals surface area contributed by atoms with E-state index in [1.807, 2.05) is 4.90 Å². The molecular formula is C15H18N6O3S. The van der Waals surface area contributed by atoms with E-state index < -0.39 is 15.9 Å². The molecule has 9 nitrogen and oxygen atoms in total. The minimum absolute atomic E-state index is 0.175. The maximum atomic E-state index is 12.3. The molecule has 0 unspecified atom stereocenters. The molecular weight excluding hydrogens is 344 g/mol. The van der Waals surface area contributed by atoms with Crippen LogP contribution in [0.3, 0.4) is 0 Å². The highest BCUT2D eigenvalue weighted by molar-refractivity contribution is 7.88. The van der Waals surface area contributed by atoms with Gasteiger partial charge in [-0.25, -0.2) is 18.4 Å². The molecule has 1 fully saturated rings. The van der Waals surface area contributed by atoms with E-state index in [0.29, 0.717) is 37.8 Å². The largest absolute Gasteiger partial charge is 0.353 e. The van der Waals surface area contributed by atoms with E-state index in [0.717, 1.165) is 0 Å². The van der Waals surface area contributed by atoms with E-state index in [-0.39, 0.29) is 5.69 Å². The van der Waals surface area contributed by atoms with Crippen LogP contribution in [0.25, 0.3) is 0 Å². The third-order valence-electron chi connectivity index (χ3n) is 3.79. The van der Waals surface area contributed by atoms with Crippen molar-refractivity contribution in [2.75, 3.05) is 42.7 Å². The second-order valence-electron chi connectivity index (χ2n) is 5.58. The van der Waals surface area contributed by atoms with Gasteiger partial charge in [0, 0.05) is 32.4 Å². The molecule has 1 aliphatic heterocycles. The first-order valence-electron chi connectivity index (χ1n) is 7.68. The summed E-state index contributed by atoms with van der Waals surface area (Å²) in [5, 5.41) is 2.66. The lowest BCUT2D eigenvalue weighted by Crippen LogP contribution is -2.48. The van der Waals surface area contributed by atoms with Crippen molar-refractivity contribution in [1.29, 1.82) is 0 Å². The molecule has 0 atom stereocenters. The third-order valence-corrected chi connectivity index (χ3v) is 5.10. The quantitative estimate of drug-likeness (QED) is 0.828. The Bertz CT molecular complexity index is 851. The Kier molecular flexibility index (Phi) is 4.91. The number of rotatable bonds is 4. The van der Waals surface area contributed by atoms with Crippen molar-refractivity contribution in [3.63, 3.8) is 0 Å². The van der Waals surface area contributed by atoms with Crippen LogP contribution in [0.4, 0.5) is 11.6 Å². The lowest BCUT2D eigenvalue weighted by molar-refractivity contribution is 0.102. The number of carbonyl (C=O) groups excluding carboxylic acids is 1. The van der Waals surface area contributed by atoms with Gasteiger partial charge >= 0.3 is 0 Å². The van der Waals surface area contributed by atoms with Gasteiger partial charge in [0.2, 0.25) is 10.0 Å². The molecule has 0 aromatic carbocycles. The zero-order valence-electron chi connectivity index (χ0n) is 13.7. The minimum atomic E-state index is -3.19. The van der Waals surface area contributed by atoms with Crippen molar-refractivity contribution >= 4 is 27.6 Å². The number of amides is 1. The average Bonchev–Trinajstić information content (AvgIpc) is 2.62. The summed E-state index contributed by atoms with van der Waals surface area (Å²) < 4.78 is 24.6. The number of hydrogen-bond acceptors (Lipinski definition) is 7. The topological polar surface area (TPSA) is 108 Å². The molecule has 0 spiro atoms. The van der Waals surface area contributed by atoms with Crippen molar-refractivity contribution in [2.45, 2.75) is 0 Å². The van der Waals surface area contributed by atoms with Gasteiger partial charge in [0.1, 0.15) is 17.3 Å². The minimum Gasteiger partial charge on any atom is -0.353 e. The van der Waals surface area contributed by atoms with Crippen molar-refractivity contribution in [2.24, 2.45) is 0 Å². The summed E-state index contributed by atoms with van der Waals surface area (Å²) in [7, 11) is -3.19. The number of nitrogens with one attached hydrogen (secondary N) is 1. The van der Waals surface area contributed by atoms with E-state index in [4.69, 9.17) is 0 Å². The molecule has 25 heavy (non-hydrogen) atoms. The van der Waals surface area contributed by atoms with Gasteiger partial charge in [0.25, 0.3) is 5.91 Å². The maximum Gasteiger partial charge on any atom is 0.277 e. The van der Waals surface area contributed by atoms with Crippen LogP contribution in [0.5, 0.6) is 0 Å². The number of carbonyl (C=O) groups is 1. The summed E-state index contributed by atoms with van der Waals surface area (Å²) in [4.78, 5) is 26.6. The molecule has 1 N–H and O–H groups in total. The van der Waals surface area contributed by atoms with Gasteiger partial charge in [-0.3, -0.25) is 9.78 Å². The first kappa shape index (κ1) is 17.2. The lowest BCUT2D eigenvalue weighted by Gasteiger charge is -2.33. The van der Waals surface area contributed by atoms with E-state index in [9.17, 15) is 13.2 Å². The van der Waals surface area contributed by atoms with Crippen molar-refractivity contribution in [3.8, 4) is 0 Å². The second kappa shape index (κ2) is 7.11. The summed E-state index contributed by atoms with van der Waals surface area (Å²) >= 11 is 0. The van der Waals surface area contributed by atoms with Gasteiger partial charge in [-0.2, -0.15) is 4.31 Å². The van der Waals surface area contributed by atoms with Gasteiger partial charge in [-0.15, -0.1) is 0 Å². The molecule has 10 heteroatoms. The van der Waals surface area contributed by atoms with Crippen molar-refractivity contribution < 1.29 is 13.2 Å². The molecule has 1 aliphatic rings. The number of hydrogen-bond donors (Lipinski definition) is 1. The fourth-order valence-corrected chi connectivity index (χ4v) is 3.31. The Hall–Kier alpha value is -2.59. The Morgan fingerprint density at radius 3 is 2.56 bits per heavy atom. The van der Waals surface area contributed by atoms with Crippen molar-refractivity contribution in [1.82, 2.24) is 19.3 Å². The van der Waals surface area contributed by atoms with Crippen LogP contribution in [-0.2, 0) is 10.0 Å². The van der Waals surface area contributed by atoms with Gasteiger partial charge in [-0.05, 0) is 12.1 Å². The number of pyridine rings is 1. The smallest absolute Gasteiger partial charge is 0.277 e. The molecule has 1 saturated heterocycles. The summed E-state index contributed by atoms with van der Waals surface area (Å²) in [6.07, 6.45) is 5.73. The molecule has 1 amide bonds. The molecule has 3 rings (SSSR count). The predicted molar refractivity (Wildman–Crippen MR) is 92.9 cm³/mol. The van der Waals surface area contributed by atoms with Crippen LogP contribution in [-0.4, -0.2) is 66.0 Å². The number of nitrogens with zero attached hydrogens (tertiary/aromatic N) is 5. The van der Waals surface area contributed by atoms with Crippen LogP contribution < -0.4 is 10.2 Å². The Morgan fingerprint density at radius 1 is 1.16 bits per heavy atom. The Labute approximate surface area is 145 Å². The fourth-order valence-electron chi connectivity index (χ4n) is 2.48. The van der Waals surface area contributed by atoms with E-state index in [1.165, 1.54) is 16.8 Å². The number of anilines is 2. The van der Waals surface area contributed by atoms with Gasteiger partial charge in [-0.1, -0.05) is 6.07 Å². The standard InChI is InChI=1S/C15H18N6O3S/c1-25(23,24)21-8-6-20(7-9-21)14-11-16-10-12(18-14)15(22)19-13-4-2-3-5-17-13/h2-5,10-11H,6-9H2,1H3,(H,17,19,22). The van der Waals surface area contributed by atoms with Crippen LogP contribution in [0, 0.1) is 0 Å². The van der Waals surface area contributed by atoms with E-state index >= 15 is 0 Å². The molecule has 0 radical (unpaired) electrons. The second-order valence-corrected chi connectivity index (χ2v) is 7.56. The number of sulfonamides is 1. The van der Waals surface area contributed by atoms with Crippen LogP contribution >= 0.6 is 0 Å². The van der Waals surface area contributed by atoms with Crippen LogP contribution in [0.1, 0.15) is 10.5 Å². The zero-order valence-corrected chi connectivity index (χ0v) is 14.5. The Morgan fingerprint density at radius 2 is 1.92 bits per heavy atom. The first-order chi connectivity index (χ1) is 11.9. The van der Waals surface area contributed by atoms with Crippen molar-refractivity contribution in [3.05, 3.63) is 42.5 Å². The summed E-state index contributed by atoms with van der Waals surface area (Å²) in [5.74, 6) is 0.575. The van der Waals surface area contributed by atoms with E-state index in [1.54, 1.807) is 30.6 Å². The molecule has 2 aromatic rings. The molecule has 0 aliphatic carbocycles. The average molecular weight is 362 g/mol. The molecule has 0 bridgehead atoms. The van der Waals surface area contributed by atoms with Gasteiger partial charge in [0.05, 0.1) is 18.6 Å². The zero-order chi connectivity index (χ0) is 17.9. The summed E-state index contributed by atoms with van der Waals surface area (Å²) in [5.41, 5.74) is 0.175. The van der Waals surface area contributed by atoms with E-state index in [2.05, 4.69) is 20.3 Å². The van der Waals surface area contributed by atoms with Gasteiger partial charge < -0.3 is 10.2 Å². The molecule has 0 saturated carbocycles. The first-order valence-corrected chi connectivity index (χ1v) is 9.53. The Balaban J connectivity index is 1.69. The SMILES string of the molecule is CS(=O)(=O)N1CCN(c2cncc(C(=O)Nc3ccccn3)n2)CC1. The summed E-state index contributed by atoms with van der Waals surface area (Å²) in [6.45, 7) is 1.75. The number of aromatic nitrogens is 3. The lowest BCUT2D eigenvalue weighted by atomic mass is 10.3. The molecule has 132 valence electrons. The van der Waals surface area contributed by atoms with Crippen LogP contribution in [0.2, 0.25) is 0 Å². The normalized spacial score (nSPS) is 15.8. The third kappa shape index (κ3) is 4.28. The molecule has 3 heterocycles. The highest BCUT2D eigenvalue weighted by atomic mass is 32.2. The highest BCUT2D eigenvalue weighted by Gasteiger charge is 2.24. The molecule has 2 aromatic heterocycles. The van der Waals surface area contributed by atoms with Gasteiger partial charge in [0.15, 0.2) is 0 Å². The predicted octanol–water partition coefficient (Wildman–Crippen LogP) is 0.205. The monoisotopic (exact) mass is 362 g/mol. The van der Waals surface area contributed by atoms with Crippen LogP contribution in [0.15, 0.2) is 36.8 Å². The number of piperazine rings is 1.